The predicted octanol–water partition coefficient (Wildman–Crippen LogP) is 7.77. The van der Waals surface area contributed by atoms with Crippen LogP contribution in [0.5, 0.6) is 0 Å². The molecular formula is C51H83O15P. The van der Waals surface area contributed by atoms with Crippen LogP contribution in [0.25, 0.3) is 0 Å². The summed E-state index contributed by atoms with van der Waals surface area (Å²) < 4.78 is 33.3. The molecule has 67 heavy (non-hydrogen) atoms. The second kappa shape index (κ2) is 39.5. The van der Waals surface area contributed by atoms with Crippen LogP contribution in [0.1, 0.15) is 142 Å². The summed E-state index contributed by atoms with van der Waals surface area (Å²) >= 11 is 0. The molecule has 16 heteroatoms. The number of aliphatic hydroxyl groups excluding tert-OH is 7. The van der Waals surface area contributed by atoms with E-state index in [1.54, 1.807) is 6.08 Å². The normalized spacial score (nSPS) is 23.0. The van der Waals surface area contributed by atoms with E-state index in [1.807, 2.05) is 12.2 Å². The second-order valence-electron chi connectivity index (χ2n) is 16.5. The Hall–Kier alpha value is -3.31. The molecule has 8 N–H and O–H groups in total. The van der Waals surface area contributed by atoms with Gasteiger partial charge < -0.3 is 50.1 Å². The van der Waals surface area contributed by atoms with Gasteiger partial charge in [0.25, 0.3) is 0 Å². The fourth-order valence-electron chi connectivity index (χ4n) is 6.59. The van der Waals surface area contributed by atoms with Crippen molar-refractivity contribution in [3.63, 3.8) is 0 Å². The molecule has 0 aromatic rings. The van der Waals surface area contributed by atoms with Gasteiger partial charge in [0.2, 0.25) is 0 Å². The first kappa shape index (κ1) is 61.7. The summed E-state index contributed by atoms with van der Waals surface area (Å²) in [6.07, 6.45) is 31.7. The van der Waals surface area contributed by atoms with Crippen molar-refractivity contribution in [2.45, 2.75) is 197 Å². The third kappa shape index (κ3) is 31.4. The number of carbonyl (C=O) groups is 2. The number of phosphoric ester groups is 1. The number of rotatable bonds is 38. The van der Waals surface area contributed by atoms with E-state index in [0.717, 1.165) is 64.2 Å². The number of ether oxygens (including phenoxy) is 2. The molecule has 15 nitrogen and oxygen atoms in total. The van der Waals surface area contributed by atoms with Crippen LogP contribution in [0.15, 0.2) is 97.2 Å². The number of hydrogen-bond donors (Lipinski definition) is 8. The third-order valence-corrected chi connectivity index (χ3v) is 11.6. The molecule has 0 aliphatic heterocycles. The molecule has 0 heterocycles. The molecule has 0 saturated heterocycles. The minimum Gasteiger partial charge on any atom is -0.462 e. The maximum atomic E-state index is 12.8. The van der Waals surface area contributed by atoms with Gasteiger partial charge in [0.05, 0.1) is 18.8 Å². The Balaban J connectivity index is 2.59. The van der Waals surface area contributed by atoms with E-state index in [-0.39, 0.29) is 32.1 Å². The lowest BCUT2D eigenvalue weighted by Gasteiger charge is -2.41. The summed E-state index contributed by atoms with van der Waals surface area (Å²) in [5, 5.41) is 71.1. The van der Waals surface area contributed by atoms with E-state index in [0.29, 0.717) is 12.8 Å². The summed E-state index contributed by atoms with van der Waals surface area (Å²) in [6.45, 7) is 2.87. The number of unbranched alkanes of at least 4 members (excludes halogenated alkanes) is 6. The Kier molecular flexibility index (Phi) is 36.4. The largest absolute Gasteiger partial charge is 0.472 e. The van der Waals surface area contributed by atoms with Gasteiger partial charge in [-0.25, -0.2) is 4.57 Å². The van der Waals surface area contributed by atoms with Crippen LogP contribution in [0.2, 0.25) is 0 Å². The fourth-order valence-corrected chi connectivity index (χ4v) is 7.56. The van der Waals surface area contributed by atoms with Gasteiger partial charge in [0, 0.05) is 12.8 Å². The molecule has 0 amide bonds. The van der Waals surface area contributed by atoms with Crippen LogP contribution in [-0.4, -0.2) is 121 Å². The minimum atomic E-state index is -5.22. The number of hydrogen-bond acceptors (Lipinski definition) is 14. The highest BCUT2D eigenvalue weighted by atomic mass is 31.2. The smallest absolute Gasteiger partial charge is 0.462 e. The van der Waals surface area contributed by atoms with Gasteiger partial charge in [-0.1, -0.05) is 130 Å². The standard InChI is InChI=1S/C51H83O15P/c1-3-5-7-9-11-13-15-17-18-19-20-21-22-23-25-27-29-31-33-37-44(54)63-39-41(40-64-67(61,62)66-51-49(59)47(57)46(56)48(58)50(51)60)65-45(55)38-34-36-43(53)42(52)35-32-30-28-26-24-16-14-12-10-8-6-4-2/h5,7,11-14,17-18,20-21,23-26,30,32,41-43,46-53,56-60H,3-4,6,8-10,15-16,19,22,27-29,31,33-40H2,1-2H3,(H,61,62)/b7-5-,13-11-,14-12-,18-17-,21-20-,25-23-,26-24-,32-30-/t41-,42?,43?,46?,47-,48+,49-,50-,51?/m1/s1. The molecule has 1 rings (SSSR count). The van der Waals surface area contributed by atoms with Crippen molar-refractivity contribution in [3.8, 4) is 0 Å². The average Bonchev–Trinajstić information content (AvgIpc) is 3.30. The van der Waals surface area contributed by atoms with Gasteiger partial charge in [0.1, 0.15) is 43.2 Å². The highest BCUT2D eigenvalue weighted by Gasteiger charge is 2.51. The van der Waals surface area contributed by atoms with E-state index in [2.05, 4.69) is 92.8 Å². The van der Waals surface area contributed by atoms with E-state index in [4.69, 9.17) is 18.5 Å². The van der Waals surface area contributed by atoms with Crippen LogP contribution in [-0.2, 0) is 32.7 Å². The zero-order chi connectivity index (χ0) is 49.5. The van der Waals surface area contributed by atoms with E-state index in [9.17, 15) is 54.8 Å². The van der Waals surface area contributed by atoms with Crippen LogP contribution in [0.3, 0.4) is 0 Å². The SMILES string of the molecule is CC/C=C\C/C=C\C/C=C\C/C=C\C/C=C\CCCCCC(=O)OC[C@H](COP(=O)(O)OC1[C@H](O)[C@H](O)C(O)[C@H](O)[C@H]1O)OC(=O)CCCC(O)C(O)C/C=C\C/C=C\C/C=C\CCCCC. The van der Waals surface area contributed by atoms with Gasteiger partial charge in [-0.05, 0) is 96.3 Å². The van der Waals surface area contributed by atoms with Crippen molar-refractivity contribution in [2.75, 3.05) is 13.2 Å². The Morgan fingerprint density at radius 3 is 1.52 bits per heavy atom. The maximum absolute atomic E-state index is 12.8. The van der Waals surface area contributed by atoms with Crippen molar-refractivity contribution in [3.05, 3.63) is 97.2 Å². The highest BCUT2D eigenvalue weighted by molar-refractivity contribution is 7.47. The molecule has 1 aliphatic rings. The monoisotopic (exact) mass is 967 g/mol. The van der Waals surface area contributed by atoms with E-state index >= 15 is 0 Å². The fraction of sp³-hybridized carbons (Fsp3) is 0.647. The molecule has 5 unspecified atom stereocenters. The molecule has 10 atom stereocenters. The number of allylic oxidation sites excluding steroid dienone is 15. The Labute approximate surface area is 399 Å². The Bertz CT molecular complexity index is 1570. The van der Waals surface area contributed by atoms with Crippen molar-refractivity contribution in [1.29, 1.82) is 0 Å². The molecule has 0 aromatic carbocycles. The van der Waals surface area contributed by atoms with E-state index < -0.39 is 87.9 Å². The molecule has 1 aliphatic carbocycles. The molecule has 1 saturated carbocycles. The highest BCUT2D eigenvalue weighted by Crippen LogP contribution is 2.47. The van der Waals surface area contributed by atoms with Crippen molar-refractivity contribution in [2.24, 2.45) is 0 Å². The first-order valence-electron chi connectivity index (χ1n) is 24.2. The van der Waals surface area contributed by atoms with Crippen LogP contribution < -0.4 is 0 Å². The van der Waals surface area contributed by atoms with Gasteiger partial charge in [-0.2, -0.15) is 0 Å². The summed E-state index contributed by atoms with van der Waals surface area (Å²) in [4.78, 5) is 35.8. The summed E-state index contributed by atoms with van der Waals surface area (Å²) in [5.41, 5.74) is 0. The van der Waals surface area contributed by atoms with E-state index in [1.165, 1.54) is 19.3 Å². The lowest BCUT2D eigenvalue weighted by Crippen LogP contribution is -2.64. The molecular weight excluding hydrogens is 884 g/mol. The lowest BCUT2D eigenvalue weighted by molar-refractivity contribution is -0.220. The number of phosphoric acid groups is 1. The summed E-state index contributed by atoms with van der Waals surface area (Å²) in [7, 11) is -5.22. The zero-order valence-corrected chi connectivity index (χ0v) is 40.8. The van der Waals surface area contributed by atoms with Gasteiger partial charge in [-0.15, -0.1) is 0 Å². The minimum absolute atomic E-state index is 0.0595. The second-order valence-corrected chi connectivity index (χ2v) is 17.9. The molecule has 382 valence electrons. The molecule has 0 radical (unpaired) electrons. The van der Waals surface area contributed by atoms with Gasteiger partial charge >= 0.3 is 19.8 Å². The molecule has 1 fully saturated rings. The topological polar surface area (TPSA) is 250 Å². The van der Waals surface area contributed by atoms with Crippen molar-refractivity contribution < 1.29 is 73.3 Å². The lowest BCUT2D eigenvalue weighted by atomic mass is 9.85. The first-order chi connectivity index (χ1) is 32.2. The van der Waals surface area contributed by atoms with Crippen molar-refractivity contribution >= 4 is 19.8 Å². The zero-order valence-electron chi connectivity index (χ0n) is 39.9. The van der Waals surface area contributed by atoms with Crippen LogP contribution in [0.4, 0.5) is 0 Å². The van der Waals surface area contributed by atoms with Crippen LogP contribution in [0, 0.1) is 0 Å². The third-order valence-electron chi connectivity index (χ3n) is 10.6. The Morgan fingerprint density at radius 2 is 1.00 bits per heavy atom. The van der Waals surface area contributed by atoms with Crippen LogP contribution >= 0.6 is 7.82 Å². The number of esters is 2. The summed E-state index contributed by atoms with van der Waals surface area (Å²) in [5.74, 6) is -1.43. The first-order valence-corrected chi connectivity index (χ1v) is 25.7. The Morgan fingerprint density at radius 1 is 0.537 bits per heavy atom. The quantitative estimate of drug-likeness (QED) is 0.0127. The number of carbonyl (C=O) groups excluding carboxylic acids is 2. The number of aliphatic hydroxyl groups is 7. The molecule has 0 bridgehead atoms. The molecule has 0 spiro atoms. The van der Waals surface area contributed by atoms with Crippen molar-refractivity contribution in [1.82, 2.24) is 0 Å². The van der Waals surface area contributed by atoms with Gasteiger partial charge in [-0.3, -0.25) is 18.6 Å². The maximum Gasteiger partial charge on any atom is 0.472 e. The summed E-state index contributed by atoms with van der Waals surface area (Å²) in [6, 6.07) is 0. The average molecular weight is 967 g/mol. The predicted molar refractivity (Wildman–Crippen MR) is 260 cm³/mol. The van der Waals surface area contributed by atoms with Gasteiger partial charge in [0.15, 0.2) is 6.10 Å². The molecule has 0 aromatic heterocycles.